The van der Waals surface area contributed by atoms with E-state index in [1.165, 1.54) is 5.56 Å². The number of nitrogens with one attached hydrogen (secondary N) is 1. The molecule has 0 amide bonds. The van der Waals surface area contributed by atoms with E-state index >= 15 is 0 Å². The minimum atomic E-state index is -0.556. The maximum Gasteiger partial charge on any atom is 0.251 e. The number of hydrogen-bond donors (Lipinski definition) is 2. The van der Waals surface area contributed by atoms with Gasteiger partial charge in [-0.05, 0) is 59.5 Å². The predicted octanol–water partition coefficient (Wildman–Crippen LogP) is 5.03. The van der Waals surface area contributed by atoms with E-state index in [-0.39, 0.29) is 11.0 Å². The van der Waals surface area contributed by atoms with Gasteiger partial charge in [0.15, 0.2) is 0 Å². The third kappa shape index (κ3) is 4.88. The number of rotatable bonds is 6. The lowest BCUT2D eigenvalue weighted by Crippen LogP contribution is -2.34. The third-order valence-corrected chi connectivity index (χ3v) is 5.57. The lowest BCUT2D eigenvalue weighted by atomic mass is 9.87. The summed E-state index contributed by atoms with van der Waals surface area (Å²) < 4.78 is 5.93. The second kappa shape index (κ2) is 8.03. The number of aryl methyl sites for hydroxylation is 1. The molecule has 4 nitrogen and oxygen atoms in total. The zero-order valence-electron chi connectivity index (χ0n) is 18.1. The molecule has 1 unspecified atom stereocenters. The second-order valence-electron chi connectivity index (χ2n) is 9.07. The molecule has 0 bridgehead atoms. The SMILES string of the molecule is CCc1cc2ccc(C(C)(N)CCOc3ccc(C(C)(C)C)cc3)cc2[nH]c1=O. The average Bonchev–Trinajstić information content (AvgIpc) is 2.66. The number of aromatic nitrogens is 1. The van der Waals surface area contributed by atoms with Gasteiger partial charge >= 0.3 is 0 Å². The van der Waals surface area contributed by atoms with E-state index < -0.39 is 5.54 Å². The van der Waals surface area contributed by atoms with Gasteiger partial charge in [-0.3, -0.25) is 4.79 Å². The van der Waals surface area contributed by atoms with Crippen molar-refractivity contribution >= 4 is 10.9 Å². The van der Waals surface area contributed by atoms with Crippen LogP contribution in [0.25, 0.3) is 10.9 Å². The van der Waals surface area contributed by atoms with Gasteiger partial charge in [0.05, 0.1) is 6.61 Å². The minimum Gasteiger partial charge on any atom is -0.494 e. The van der Waals surface area contributed by atoms with Crippen LogP contribution in [-0.2, 0) is 17.4 Å². The molecule has 0 aliphatic carbocycles. The van der Waals surface area contributed by atoms with Gasteiger partial charge in [-0.2, -0.15) is 0 Å². The first-order valence-electron chi connectivity index (χ1n) is 10.3. The van der Waals surface area contributed by atoms with E-state index in [9.17, 15) is 4.79 Å². The van der Waals surface area contributed by atoms with Crippen molar-refractivity contribution in [3.8, 4) is 5.75 Å². The van der Waals surface area contributed by atoms with E-state index in [1.807, 2.05) is 50.2 Å². The van der Waals surface area contributed by atoms with Crippen molar-refractivity contribution in [2.24, 2.45) is 5.73 Å². The van der Waals surface area contributed by atoms with Crippen LogP contribution < -0.4 is 16.0 Å². The maximum absolute atomic E-state index is 12.1. The number of ether oxygens (including phenoxy) is 1. The molecule has 0 aliphatic rings. The smallest absolute Gasteiger partial charge is 0.251 e. The fourth-order valence-electron chi connectivity index (χ4n) is 3.44. The highest BCUT2D eigenvalue weighted by Crippen LogP contribution is 2.27. The standard InChI is InChI=1S/C25H32N2O2/c1-6-17-15-18-7-8-20(16-22(18)27-23(17)28)25(5,26)13-14-29-21-11-9-19(10-12-21)24(2,3)4/h7-12,15-16H,6,13-14,26H2,1-5H3,(H,27,28). The van der Waals surface area contributed by atoms with Gasteiger partial charge < -0.3 is 15.5 Å². The van der Waals surface area contributed by atoms with Gasteiger partial charge in [0.25, 0.3) is 5.56 Å². The van der Waals surface area contributed by atoms with Gasteiger partial charge in [-0.25, -0.2) is 0 Å². The molecule has 2 aromatic carbocycles. The predicted molar refractivity (Wildman–Crippen MR) is 121 cm³/mol. The molecule has 29 heavy (non-hydrogen) atoms. The van der Waals surface area contributed by atoms with Crippen molar-refractivity contribution in [1.82, 2.24) is 4.98 Å². The molecule has 0 fully saturated rings. The van der Waals surface area contributed by atoms with Crippen LogP contribution in [0.4, 0.5) is 0 Å². The summed E-state index contributed by atoms with van der Waals surface area (Å²) in [5.41, 5.74) is 10.0. The summed E-state index contributed by atoms with van der Waals surface area (Å²) in [5.74, 6) is 0.851. The van der Waals surface area contributed by atoms with E-state index in [0.717, 1.165) is 34.2 Å². The highest BCUT2D eigenvalue weighted by molar-refractivity contribution is 5.80. The largest absolute Gasteiger partial charge is 0.494 e. The third-order valence-electron chi connectivity index (χ3n) is 5.57. The summed E-state index contributed by atoms with van der Waals surface area (Å²) in [6.45, 7) is 11.1. The minimum absolute atomic E-state index is 0.0297. The van der Waals surface area contributed by atoms with Crippen molar-refractivity contribution < 1.29 is 4.74 Å². The van der Waals surface area contributed by atoms with E-state index in [1.54, 1.807) is 0 Å². The summed E-state index contributed by atoms with van der Waals surface area (Å²) >= 11 is 0. The molecule has 3 rings (SSSR count). The van der Waals surface area contributed by atoms with Crippen LogP contribution in [-0.4, -0.2) is 11.6 Å². The number of fused-ring (bicyclic) bond motifs is 1. The molecule has 4 heteroatoms. The van der Waals surface area contributed by atoms with Gasteiger partial charge in [0.2, 0.25) is 0 Å². The van der Waals surface area contributed by atoms with E-state index in [2.05, 4.69) is 37.9 Å². The first kappa shape index (κ1) is 21.1. The quantitative estimate of drug-likeness (QED) is 0.618. The monoisotopic (exact) mass is 392 g/mol. The molecule has 0 spiro atoms. The summed E-state index contributed by atoms with van der Waals surface area (Å²) in [6, 6.07) is 16.3. The normalized spacial score (nSPS) is 14.0. The second-order valence-corrected chi connectivity index (χ2v) is 9.07. The van der Waals surface area contributed by atoms with Crippen LogP contribution in [0.15, 0.2) is 53.3 Å². The molecule has 0 saturated carbocycles. The van der Waals surface area contributed by atoms with Crippen molar-refractivity contribution in [3.63, 3.8) is 0 Å². The molecule has 0 aliphatic heterocycles. The summed E-state index contributed by atoms with van der Waals surface area (Å²) in [5, 5.41) is 1.02. The number of H-pyrrole nitrogens is 1. The van der Waals surface area contributed by atoms with Crippen LogP contribution in [0.2, 0.25) is 0 Å². The fourth-order valence-corrected chi connectivity index (χ4v) is 3.44. The molecule has 1 atom stereocenters. The van der Waals surface area contributed by atoms with E-state index in [4.69, 9.17) is 10.5 Å². The highest BCUT2D eigenvalue weighted by atomic mass is 16.5. The lowest BCUT2D eigenvalue weighted by Gasteiger charge is -2.26. The van der Waals surface area contributed by atoms with Gasteiger partial charge in [-0.1, -0.05) is 52.0 Å². The number of pyridine rings is 1. The van der Waals surface area contributed by atoms with Crippen LogP contribution in [0.3, 0.4) is 0 Å². The Kier molecular flexibility index (Phi) is 5.85. The molecule has 3 aromatic rings. The maximum atomic E-state index is 12.1. The first-order valence-corrected chi connectivity index (χ1v) is 10.3. The average molecular weight is 393 g/mol. The van der Waals surface area contributed by atoms with E-state index in [0.29, 0.717) is 13.0 Å². The summed E-state index contributed by atoms with van der Waals surface area (Å²) in [6.07, 6.45) is 1.38. The molecular weight excluding hydrogens is 360 g/mol. The molecule has 0 radical (unpaired) electrons. The van der Waals surface area contributed by atoms with Crippen LogP contribution in [0.1, 0.15) is 57.7 Å². The Labute approximate surface area is 173 Å². The molecule has 1 aromatic heterocycles. The summed E-state index contributed by atoms with van der Waals surface area (Å²) in [7, 11) is 0. The van der Waals surface area contributed by atoms with Gasteiger partial charge in [0, 0.05) is 23.0 Å². The summed E-state index contributed by atoms with van der Waals surface area (Å²) in [4.78, 5) is 15.1. The van der Waals surface area contributed by atoms with Crippen molar-refractivity contribution in [2.75, 3.05) is 6.61 Å². The van der Waals surface area contributed by atoms with Gasteiger partial charge in [0.1, 0.15) is 5.75 Å². The Morgan fingerprint density at radius 2 is 1.62 bits per heavy atom. The molecule has 3 N–H and O–H groups in total. The fraction of sp³-hybridized carbons (Fsp3) is 0.400. The molecular formula is C25H32N2O2. The lowest BCUT2D eigenvalue weighted by molar-refractivity contribution is 0.267. The Morgan fingerprint density at radius 1 is 0.966 bits per heavy atom. The molecule has 1 heterocycles. The van der Waals surface area contributed by atoms with Crippen molar-refractivity contribution in [2.45, 2.75) is 58.4 Å². The molecule has 0 saturated heterocycles. The Hall–Kier alpha value is -2.59. The van der Waals surface area contributed by atoms with Crippen LogP contribution in [0.5, 0.6) is 5.75 Å². The zero-order valence-corrected chi connectivity index (χ0v) is 18.1. The highest BCUT2D eigenvalue weighted by Gasteiger charge is 2.22. The number of nitrogens with two attached hydrogens (primary N) is 1. The van der Waals surface area contributed by atoms with Gasteiger partial charge in [-0.15, -0.1) is 0 Å². The Balaban J connectivity index is 1.70. The Morgan fingerprint density at radius 3 is 2.24 bits per heavy atom. The van der Waals surface area contributed by atoms with Crippen LogP contribution >= 0.6 is 0 Å². The molecule has 154 valence electrons. The zero-order chi connectivity index (χ0) is 21.2. The number of benzene rings is 2. The first-order chi connectivity index (χ1) is 13.6. The topological polar surface area (TPSA) is 68.1 Å². The van der Waals surface area contributed by atoms with Crippen LogP contribution in [0, 0.1) is 0 Å². The van der Waals surface area contributed by atoms with Crippen molar-refractivity contribution in [1.29, 1.82) is 0 Å². The van der Waals surface area contributed by atoms with Crippen molar-refractivity contribution in [3.05, 3.63) is 75.6 Å². The number of hydrogen-bond acceptors (Lipinski definition) is 3. The number of aromatic amines is 1. The Bertz CT molecular complexity index is 1040.